The van der Waals surface area contributed by atoms with Gasteiger partial charge in [0.25, 0.3) is 5.91 Å². The fourth-order valence-electron chi connectivity index (χ4n) is 1.92. The van der Waals surface area contributed by atoms with E-state index < -0.39 is 0 Å². The molecule has 1 aromatic carbocycles. The summed E-state index contributed by atoms with van der Waals surface area (Å²) in [5.41, 5.74) is 0.954. The zero-order valence-electron chi connectivity index (χ0n) is 12.9. The number of aryl methyl sites for hydroxylation is 1. The number of benzene rings is 1. The van der Waals surface area contributed by atoms with Gasteiger partial charge in [0.1, 0.15) is 11.5 Å². The Balaban J connectivity index is 1.66. The number of imidazole rings is 1. The zero-order valence-corrected chi connectivity index (χ0v) is 12.9. The predicted octanol–water partition coefficient (Wildman–Crippen LogP) is 1.56. The highest BCUT2D eigenvalue weighted by molar-refractivity contribution is 5.77. The van der Waals surface area contributed by atoms with Gasteiger partial charge < -0.3 is 19.4 Å². The van der Waals surface area contributed by atoms with Crippen molar-refractivity contribution in [1.82, 2.24) is 14.9 Å². The van der Waals surface area contributed by atoms with E-state index in [0.717, 1.165) is 11.4 Å². The maximum absolute atomic E-state index is 11.7. The van der Waals surface area contributed by atoms with Gasteiger partial charge >= 0.3 is 0 Å². The van der Waals surface area contributed by atoms with Crippen LogP contribution in [0, 0.1) is 0 Å². The first-order valence-corrected chi connectivity index (χ1v) is 7.26. The van der Waals surface area contributed by atoms with Crippen molar-refractivity contribution in [2.45, 2.75) is 13.3 Å². The Morgan fingerprint density at radius 2 is 1.91 bits per heavy atom. The molecule has 0 fully saturated rings. The molecule has 0 aliphatic carbocycles. The Bertz CT molecular complexity index is 593. The van der Waals surface area contributed by atoms with Crippen LogP contribution >= 0.6 is 0 Å². The molecule has 22 heavy (non-hydrogen) atoms. The van der Waals surface area contributed by atoms with E-state index in [1.165, 1.54) is 0 Å². The molecule has 0 aliphatic rings. The standard InChI is InChI=1S/C16H21N3O3/c1-3-21-14-4-6-15(7-5-14)22-11-16(20)17-9-8-13-10-19(2)12-18-13/h4-7,10,12H,3,8-9,11H2,1-2H3,(H,17,20). The van der Waals surface area contributed by atoms with Crippen LogP contribution in [0.15, 0.2) is 36.8 Å². The topological polar surface area (TPSA) is 65.4 Å². The van der Waals surface area contributed by atoms with Crippen LogP contribution in [-0.2, 0) is 18.3 Å². The molecule has 2 aromatic rings. The van der Waals surface area contributed by atoms with Crippen LogP contribution in [0.5, 0.6) is 11.5 Å². The number of carbonyl (C=O) groups is 1. The van der Waals surface area contributed by atoms with Crippen LogP contribution in [0.1, 0.15) is 12.6 Å². The minimum absolute atomic E-state index is 0.00377. The van der Waals surface area contributed by atoms with Gasteiger partial charge in [0.15, 0.2) is 6.61 Å². The van der Waals surface area contributed by atoms with Gasteiger partial charge in [-0.15, -0.1) is 0 Å². The molecule has 6 nitrogen and oxygen atoms in total. The van der Waals surface area contributed by atoms with Crippen molar-refractivity contribution in [3.8, 4) is 11.5 Å². The summed E-state index contributed by atoms with van der Waals surface area (Å²) in [6, 6.07) is 7.20. The molecule has 1 heterocycles. The van der Waals surface area contributed by atoms with Crippen molar-refractivity contribution in [1.29, 1.82) is 0 Å². The van der Waals surface area contributed by atoms with Crippen LogP contribution in [0.3, 0.4) is 0 Å². The first-order chi connectivity index (χ1) is 10.7. The Kier molecular flexibility index (Phi) is 5.82. The summed E-state index contributed by atoms with van der Waals surface area (Å²) in [6.07, 6.45) is 4.38. The molecule has 0 bridgehead atoms. The number of ether oxygens (including phenoxy) is 2. The quantitative estimate of drug-likeness (QED) is 0.803. The van der Waals surface area contributed by atoms with Crippen LogP contribution in [0.2, 0.25) is 0 Å². The van der Waals surface area contributed by atoms with Crippen molar-refractivity contribution < 1.29 is 14.3 Å². The largest absolute Gasteiger partial charge is 0.494 e. The second kappa shape index (κ2) is 8.07. The summed E-state index contributed by atoms with van der Waals surface area (Å²) >= 11 is 0. The lowest BCUT2D eigenvalue weighted by Gasteiger charge is -2.08. The molecule has 2 rings (SSSR count). The minimum Gasteiger partial charge on any atom is -0.494 e. The van der Waals surface area contributed by atoms with E-state index in [1.807, 2.05) is 36.9 Å². The fraction of sp³-hybridized carbons (Fsp3) is 0.375. The number of carbonyl (C=O) groups excluding carboxylic acids is 1. The first-order valence-electron chi connectivity index (χ1n) is 7.26. The van der Waals surface area contributed by atoms with Crippen molar-refractivity contribution in [2.75, 3.05) is 19.8 Å². The van der Waals surface area contributed by atoms with E-state index in [-0.39, 0.29) is 12.5 Å². The minimum atomic E-state index is -0.148. The van der Waals surface area contributed by atoms with E-state index >= 15 is 0 Å². The Morgan fingerprint density at radius 3 is 2.50 bits per heavy atom. The van der Waals surface area contributed by atoms with E-state index in [1.54, 1.807) is 18.5 Å². The molecular weight excluding hydrogens is 282 g/mol. The lowest BCUT2D eigenvalue weighted by Crippen LogP contribution is -2.30. The third-order valence-electron chi connectivity index (χ3n) is 2.97. The fourth-order valence-corrected chi connectivity index (χ4v) is 1.92. The highest BCUT2D eigenvalue weighted by atomic mass is 16.5. The van der Waals surface area contributed by atoms with Gasteiger partial charge in [-0.3, -0.25) is 4.79 Å². The molecule has 118 valence electrons. The zero-order chi connectivity index (χ0) is 15.8. The molecule has 0 spiro atoms. The van der Waals surface area contributed by atoms with Crippen molar-refractivity contribution >= 4 is 5.91 Å². The van der Waals surface area contributed by atoms with E-state index in [2.05, 4.69) is 10.3 Å². The summed E-state index contributed by atoms with van der Waals surface area (Å²) in [6.45, 7) is 3.09. The Hall–Kier alpha value is -2.50. The molecular formula is C16H21N3O3. The second-order valence-electron chi connectivity index (χ2n) is 4.82. The van der Waals surface area contributed by atoms with Crippen molar-refractivity contribution in [3.05, 3.63) is 42.5 Å². The van der Waals surface area contributed by atoms with Crippen molar-refractivity contribution in [2.24, 2.45) is 7.05 Å². The Labute approximate surface area is 130 Å². The first kappa shape index (κ1) is 15.9. The molecule has 1 amide bonds. The number of nitrogens with one attached hydrogen (secondary N) is 1. The number of nitrogens with zero attached hydrogens (tertiary/aromatic N) is 2. The molecule has 0 saturated carbocycles. The van der Waals surface area contributed by atoms with Crippen LogP contribution in [-0.4, -0.2) is 35.2 Å². The summed E-state index contributed by atoms with van der Waals surface area (Å²) < 4.78 is 12.6. The van der Waals surface area contributed by atoms with Crippen LogP contribution in [0.25, 0.3) is 0 Å². The average Bonchev–Trinajstić information content (AvgIpc) is 2.92. The normalized spacial score (nSPS) is 10.3. The third kappa shape index (κ3) is 5.12. The predicted molar refractivity (Wildman–Crippen MR) is 83.0 cm³/mol. The maximum Gasteiger partial charge on any atom is 0.257 e. The number of hydrogen-bond donors (Lipinski definition) is 1. The third-order valence-corrected chi connectivity index (χ3v) is 2.97. The molecule has 1 aromatic heterocycles. The maximum atomic E-state index is 11.7. The van der Waals surface area contributed by atoms with Gasteiger partial charge in [-0.1, -0.05) is 0 Å². The molecule has 0 aliphatic heterocycles. The Morgan fingerprint density at radius 1 is 1.23 bits per heavy atom. The van der Waals surface area contributed by atoms with Crippen LogP contribution < -0.4 is 14.8 Å². The molecule has 0 radical (unpaired) electrons. The molecule has 0 saturated heterocycles. The molecule has 0 atom stereocenters. The van der Waals surface area contributed by atoms with Gasteiger partial charge in [-0.2, -0.15) is 0 Å². The average molecular weight is 303 g/mol. The number of rotatable bonds is 8. The van der Waals surface area contributed by atoms with E-state index in [9.17, 15) is 4.79 Å². The van der Waals surface area contributed by atoms with Gasteiger partial charge in [-0.05, 0) is 31.2 Å². The van der Waals surface area contributed by atoms with E-state index in [4.69, 9.17) is 9.47 Å². The van der Waals surface area contributed by atoms with Crippen LogP contribution in [0.4, 0.5) is 0 Å². The SMILES string of the molecule is CCOc1ccc(OCC(=O)NCCc2cn(C)cn2)cc1. The molecule has 1 N–H and O–H groups in total. The van der Waals surface area contributed by atoms with E-state index in [0.29, 0.717) is 25.3 Å². The van der Waals surface area contributed by atoms with Crippen molar-refractivity contribution in [3.63, 3.8) is 0 Å². The molecule has 6 heteroatoms. The summed E-state index contributed by atoms with van der Waals surface area (Å²) in [7, 11) is 1.92. The lowest BCUT2D eigenvalue weighted by molar-refractivity contribution is -0.123. The smallest absolute Gasteiger partial charge is 0.257 e. The number of amides is 1. The highest BCUT2D eigenvalue weighted by Crippen LogP contribution is 2.17. The number of aromatic nitrogens is 2. The van der Waals surface area contributed by atoms with Gasteiger partial charge in [0, 0.05) is 26.2 Å². The summed E-state index contributed by atoms with van der Waals surface area (Å²) in [5, 5.41) is 2.80. The summed E-state index contributed by atoms with van der Waals surface area (Å²) in [5.74, 6) is 1.28. The van der Waals surface area contributed by atoms with Gasteiger partial charge in [0.05, 0.1) is 18.6 Å². The lowest BCUT2D eigenvalue weighted by atomic mass is 10.3. The second-order valence-corrected chi connectivity index (χ2v) is 4.82. The van der Waals surface area contributed by atoms with Gasteiger partial charge in [0.2, 0.25) is 0 Å². The number of hydrogen-bond acceptors (Lipinski definition) is 4. The monoisotopic (exact) mass is 303 g/mol. The molecule has 0 unspecified atom stereocenters. The summed E-state index contributed by atoms with van der Waals surface area (Å²) in [4.78, 5) is 15.9. The highest BCUT2D eigenvalue weighted by Gasteiger charge is 2.04. The van der Waals surface area contributed by atoms with Gasteiger partial charge in [-0.25, -0.2) is 4.98 Å².